The van der Waals surface area contributed by atoms with Gasteiger partial charge < -0.3 is 9.84 Å². The van der Waals surface area contributed by atoms with Crippen molar-refractivity contribution in [2.24, 2.45) is 0 Å². The molecule has 0 unspecified atom stereocenters. The number of alkyl halides is 3. The quantitative estimate of drug-likeness (QED) is 0.488. The Labute approximate surface area is 117 Å². The molecule has 0 aliphatic rings. The third kappa shape index (κ3) is 5.60. The maximum absolute atomic E-state index is 11.9. The molecule has 0 saturated heterocycles. The Morgan fingerprint density at radius 1 is 1.29 bits per heavy atom. The first-order chi connectivity index (χ1) is 9.50. The number of phenols is 1. The van der Waals surface area contributed by atoms with Crippen molar-refractivity contribution in [3.63, 3.8) is 0 Å². The Morgan fingerprint density at radius 2 is 1.90 bits per heavy atom. The van der Waals surface area contributed by atoms with Crippen molar-refractivity contribution in [2.45, 2.75) is 23.9 Å². The van der Waals surface area contributed by atoms with Gasteiger partial charge in [-0.15, -0.1) is 0 Å². The molecule has 6 nitrogen and oxygen atoms in total. The number of benzene rings is 1. The van der Waals surface area contributed by atoms with Gasteiger partial charge in [0, 0.05) is 6.42 Å². The number of halogens is 3. The molecular formula is C11H11F3O6S. The molecule has 0 radical (unpaired) electrons. The van der Waals surface area contributed by atoms with Crippen LogP contribution in [0.15, 0.2) is 23.1 Å². The zero-order chi connectivity index (χ0) is 16.3. The largest absolute Gasteiger partial charge is 0.507 e. The van der Waals surface area contributed by atoms with Gasteiger partial charge in [-0.25, -0.2) is 4.79 Å². The Balaban J connectivity index is 2.74. The summed E-state index contributed by atoms with van der Waals surface area (Å²) in [6.45, 7) is -0.548. The zero-order valence-electron chi connectivity index (χ0n) is 10.4. The fourth-order valence-corrected chi connectivity index (χ4v) is 1.86. The van der Waals surface area contributed by atoms with E-state index in [-0.39, 0.29) is 0 Å². The number of carbonyl (C=O) groups is 1. The van der Waals surface area contributed by atoms with Gasteiger partial charge in [0.2, 0.25) is 0 Å². The zero-order valence-corrected chi connectivity index (χ0v) is 11.2. The van der Waals surface area contributed by atoms with Crippen LogP contribution in [0.4, 0.5) is 13.2 Å². The van der Waals surface area contributed by atoms with Gasteiger partial charge in [-0.05, 0) is 24.6 Å². The average molecular weight is 328 g/mol. The monoisotopic (exact) mass is 328 g/mol. The second kappa shape index (κ2) is 6.31. The molecule has 1 aromatic carbocycles. The van der Waals surface area contributed by atoms with Gasteiger partial charge in [-0.2, -0.15) is 21.6 Å². The molecule has 2 N–H and O–H groups in total. The lowest BCUT2D eigenvalue weighted by Crippen LogP contribution is -2.12. The van der Waals surface area contributed by atoms with Gasteiger partial charge in [0.15, 0.2) is 0 Å². The predicted molar refractivity (Wildman–Crippen MR) is 63.5 cm³/mol. The Bertz CT molecular complexity index is 623. The van der Waals surface area contributed by atoms with E-state index in [1.54, 1.807) is 0 Å². The number of hydrogen-bond acceptors (Lipinski definition) is 5. The molecule has 0 heterocycles. The summed E-state index contributed by atoms with van der Waals surface area (Å²) in [6, 6.07) is 2.36. The number of rotatable bonds is 5. The van der Waals surface area contributed by atoms with Crippen LogP contribution in [0.5, 0.6) is 5.75 Å². The summed E-state index contributed by atoms with van der Waals surface area (Å²) >= 11 is 0. The minimum Gasteiger partial charge on any atom is -0.507 e. The third-order valence-corrected chi connectivity index (χ3v) is 3.17. The fourth-order valence-electron chi connectivity index (χ4n) is 1.35. The van der Waals surface area contributed by atoms with Gasteiger partial charge in [0.1, 0.15) is 11.3 Å². The van der Waals surface area contributed by atoms with Crippen LogP contribution in [-0.2, 0) is 14.9 Å². The van der Waals surface area contributed by atoms with E-state index in [4.69, 9.17) is 4.55 Å². The van der Waals surface area contributed by atoms with Gasteiger partial charge in [-0.1, -0.05) is 0 Å². The number of hydrogen-bond donors (Lipinski definition) is 2. The van der Waals surface area contributed by atoms with E-state index in [0.29, 0.717) is 6.07 Å². The van der Waals surface area contributed by atoms with Crippen molar-refractivity contribution in [2.75, 3.05) is 6.61 Å². The van der Waals surface area contributed by atoms with Crippen molar-refractivity contribution >= 4 is 16.1 Å². The average Bonchev–Trinajstić information content (AvgIpc) is 2.32. The lowest BCUT2D eigenvalue weighted by atomic mass is 10.2. The highest BCUT2D eigenvalue weighted by Crippen LogP contribution is 2.23. The fraction of sp³-hybridized carbons (Fsp3) is 0.364. The minimum absolute atomic E-state index is 0.464. The molecule has 0 saturated carbocycles. The predicted octanol–water partition coefficient (Wildman–Crippen LogP) is 2.14. The van der Waals surface area contributed by atoms with Crippen LogP contribution in [0.3, 0.4) is 0 Å². The maximum atomic E-state index is 11.9. The first-order valence-corrected chi connectivity index (χ1v) is 6.99. The second-order valence-corrected chi connectivity index (χ2v) is 5.43. The van der Waals surface area contributed by atoms with Crippen LogP contribution in [0.2, 0.25) is 0 Å². The molecule has 0 aromatic heterocycles. The topological polar surface area (TPSA) is 101 Å². The summed E-state index contributed by atoms with van der Waals surface area (Å²) in [4.78, 5) is 10.9. The van der Waals surface area contributed by atoms with E-state index >= 15 is 0 Å². The van der Waals surface area contributed by atoms with Crippen LogP contribution < -0.4 is 0 Å². The number of phenolic OH excluding ortho intramolecular Hbond substituents is 1. The normalized spacial score (nSPS) is 12.2. The smallest absolute Gasteiger partial charge is 0.389 e. The lowest BCUT2D eigenvalue weighted by Gasteiger charge is -2.08. The first kappa shape index (κ1) is 17.2. The highest BCUT2D eigenvalue weighted by atomic mass is 32.2. The molecule has 10 heteroatoms. The number of esters is 1. The van der Waals surface area contributed by atoms with Crippen molar-refractivity contribution < 1.29 is 40.8 Å². The minimum atomic E-state index is -4.59. The van der Waals surface area contributed by atoms with Crippen molar-refractivity contribution in [1.29, 1.82) is 0 Å². The van der Waals surface area contributed by atoms with Crippen molar-refractivity contribution in [3.8, 4) is 5.75 Å². The Kier molecular flexibility index (Phi) is 5.18. The van der Waals surface area contributed by atoms with Crippen LogP contribution >= 0.6 is 0 Å². The second-order valence-electron chi connectivity index (χ2n) is 4.01. The molecule has 0 bridgehead atoms. The molecule has 0 atom stereocenters. The molecule has 118 valence electrons. The van der Waals surface area contributed by atoms with E-state index in [1.807, 2.05) is 0 Å². The highest BCUT2D eigenvalue weighted by molar-refractivity contribution is 7.85. The number of carbonyl (C=O) groups excluding carboxylic acids is 1. The highest BCUT2D eigenvalue weighted by Gasteiger charge is 2.26. The first-order valence-electron chi connectivity index (χ1n) is 5.55. The van der Waals surface area contributed by atoms with E-state index in [1.165, 1.54) is 0 Å². The summed E-state index contributed by atoms with van der Waals surface area (Å²) in [5.74, 6) is -1.82. The third-order valence-electron chi connectivity index (χ3n) is 2.32. The molecule has 0 amide bonds. The van der Waals surface area contributed by atoms with E-state index in [9.17, 15) is 31.5 Å². The molecule has 1 rings (SSSR count). The van der Waals surface area contributed by atoms with Gasteiger partial charge in [0.05, 0.1) is 11.5 Å². The molecular weight excluding hydrogens is 317 g/mol. The summed E-state index contributed by atoms with van der Waals surface area (Å²) in [6.07, 6.45) is -5.98. The van der Waals surface area contributed by atoms with Crippen LogP contribution in [-0.4, -0.2) is 36.8 Å². The molecule has 0 aliphatic carbocycles. The van der Waals surface area contributed by atoms with Gasteiger partial charge in [-0.3, -0.25) is 4.55 Å². The van der Waals surface area contributed by atoms with Crippen molar-refractivity contribution in [3.05, 3.63) is 23.8 Å². The van der Waals surface area contributed by atoms with Gasteiger partial charge >= 0.3 is 12.1 Å². The van der Waals surface area contributed by atoms with Crippen LogP contribution in [0.1, 0.15) is 23.2 Å². The standard InChI is InChI=1S/C11H11F3O6S/c12-11(13,14)4-1-5-20-10(16)8-6-7(21(17,18)19)2-3-9(8)15/h2-3,6,15H,1,4-5H2,(H,17,18,19). The van der Waals surface area contributed by atoms with E-state index in [2.05, 4.69) is 4.74 Å². The Hall–Kier alpha value is -1.81. The molecule has 0 spiro atoms. The number of aromatic hydroxyl groups is 1. The number of ether oxygens (including phenoxy) is 1. The van der Waals surface area contributed by atoms with Crippen LogP contribution in [0.25, 0.3) is 0 Å². The molecule has 0 aliphatic heterocycles. The van der Waals surface area contributed by atoms with Crippen molar-refractivity contribution in [1.82, 2.24) is 0 Å². The summed E-state index contributed by atoms with van der Waals surface area (Å²) in [7, 11) is -4.59. The Morgan fingerprint density at radius 3 is 2.43 bits per heavy atom. The lowest BCUT2D eigenvalue weighted by molar-refractivity contribution is -0.137. The van der Waals surface area contributed by atoms with E-state index in [0.717, 1.165) is 12.1 Å². The molecule has 0 fully saturated rings. The SMILES string of the molecule is O=C(OCCCC(F)(F)F)c1cc(S(=O)(=O)O)ccc1O. The molecule has 21 heavy (non-hydrogen) atoms. The molecule has 1 aromatic rings. The van der Waals surface area contributed by atoms with E-state index < -0.39 is 57.9 Å². The maximum Gasteiger partial charge on any atom is 0.389 e. The summed E-state index contributed by atoms with van der Waals surface area (Å²) < 4.78 is 70.7. The van der Waals surface area contributed by atoms with Crippen LogP contribution in [0, 0.1) is 0 Å². The summed E-state index contributed by atoms with van der Waals surface area (Å²) in [5.41, 5.74) is -0.572. The summed E-state index contributed by atoms with van der Waals surface area (Å²) in [5, 5.41) is 9.40. The van der Waals surface area contributed by atoms with Gasteiger partial charge in [0.25, 0.3) is 10.1 Å².